The molecule has 2 aromatic carbocycles. The van der Waals surface area contributed by atoms with E-state index in [2.05, 4.69) is 0 Å². The van der Waals surface area contributed by atoms with Crippen LogP contribution in [-0.2, 0) is 16.5 Å². The summed E-state index contributed by atoms with van der Waals surface area (Å²) in [6, 6.07) is 9.29. The number of fused-ring (bicyclic) bond motifs is 1. The van der Waals surface area contributed by atoms with E-state index in [0.29, 0.717) is 6.42 Å². The summed E-state index contributed by atoms with van der Waals surface area (Å²) in [5, 5.41) is 0.731. The fourth-order valence-corrected chi connectivity index (χ4v) is 3.94. The van der Waals surface area contributed by atoms with Gasteiger partial charge in [-0.05, 0) is 54.8 Å². The zero-order valence-electron chi connectivity index (χ0n) is 14.3. The SMILES string of the molecule is CCCc1cc(=O)oc2cc(OS(=O)(=O)c3ccc(F)cc3C)ccc12. The third kappa shape index (κ3) is 3.62. The number of hydrogen-bond acceptors (Lipinski definition) is 5. The van der Waals surface area contributed by atoms with Gasteiger partial charge in [0.1, 0.15) is 22.0 Å². The molecule has 3 aromatic rings. The summed E-state index contributed by atoms with van der Waals surface area (Å²) in [7, 11) is -4.15. The average Bonchev–Trinajstić information content (AvgIpc) is 2.53. The Morgan fingerprint density at radius 3 is 2.58 bits per heavy atom. The number of rotatable bonds is 5. The highest BCUT2D eigenvalue weighted by Gasteiger charge is 2.20. The quantitative estimate of drug-likeness (QED) is 0.498. The summed E-state index contributed by atoms with van der Waals surface area (Å²) < 4.78 is 48.4. The highest BCUT2D eigenvalue weighted by atomic mass is 32.2. The summed E-state index contributed by atoms with van der Waals surface area (Å²) in [5.74, 6) is -0.518. The third-order valence-corrected chi connectivity index (χ3v) is 5.34. The van der Waals surface area contributed by atoms with Gasteiger partial charge in [0, 0.05) is 17.5 Å². The smallest absolute Gasteiger partial charge is 0.339 e. The molecule has 0 bridgehead atoms. The molecule has 5 nitrogen and oxygen atoms in total. The highest BCUT2D eigenvalue weighted by molar-refractivity contribution is 7.87. The van der Waals surface area contributed by atoms with Crippen LogP contribution in [0.15, 0.2) is 56.6 Å². The lowest BCUT2D eigenvalue weighted by Crippen LogP contribution is -2.11. The minimum atomic E-state index is -4.15. The zero-order chi connectivity index (χ0) is 18.9. The lowest BCUT2D eigenvalue weighted by atomic mass is 10.1. The second-order valence-corrected chi connectivity index (χ2v) is 7.46. The largest absolute Gasteiger partial charge is 0.423 e. The van der Waals surface area contributed by atoms with E-state index in [4.69, 9.17) is 8.60 Å². The number of benzene rings is 2. The van der Waals surface area contributed by atoms with E-state index in [1.54, 1.807) is 6.07 Å². The van der Waals surface area contributed by atoms with Gasteiger partial charge < -0.3 is 8.60 Å². The van der Waals surface area contributed by atoms with E-state index >= 15 is 0 Å². The monoisotopic (exact) mass is 376 g/mol. The molecule has 0 aliphatic carbocycles. The van der Waals surface area contributed by atoms with Gasteiger partial charge in [-0.25, -0.2) is 9.18 Å². The summed E-state index contributed by atoms with van der Waals surface area (Å²) in [5.41, 5.74) is 0.824. The first-order valence-electron chi connectivity index (χ1n) is 8.07. The van der Waals surface area contributed by atoms with E-state index in [0.717, 1.165) is 35.6 Å². The Hall–Kier alpha value is -2.67. The van der Waals surface area contributed by atoms with Crippen molar-refractivity contribution < 1.29 is 21.4 Å². The van der Waals surface area contributed by atoms with Crippen molar-refractivity contribution in [3.8, 4) is 5.75 Å². The van der Waals surface area contributed by atoms with E-state index in [-0.39, 0.29) is 21.8 Å². The van der Waals surface area contributed by atoms with E-state index < -0.39 is 21.6 Å². The molecule has 26 heavy (non-hydrogen) atoms. The number of hydrogen-bond donors (Lipinski definition) is 0. The molecule has 0 fully saturated rings. The van der Waals surface area contributed by atoms with Crippen LogP contribution in [0.25, 0.3) is 11.0 Å². The van der Waals surface area contributed by atoms with Gasteiger partial charge in [0.2, 0.25) is 0 Å². The topological polar surface area (TPSA) is 73.6 Å². The Kier molecular flexibility index (Phi) is 4.82. The van der Waals surface area contributed by atoms with Gasteiger partial charge in [-0.2, -0.15) is 8.42 Å². The molecule has 136 valence electrons. The normalized spacial score (nSPS) is 11.7. The van der Waals surface area contributed by atoms with E-state index in [9.17, 15) is 17.6 Å². The van der Waals surface area contributed by atoms with Crippen molar-refractivity contribution in [1.29, 1.82) is 0 Å². The van der Waals surface area contributed by atoms with Crippen LogP contribution in [-0.4, -0.2) is 8.42 Å². The first-order valence-corrected chi connectivity index (χ1v) is 9.48. The summed E-state index contributed by atoms with van der Waals surface area (Å²) in [4.78, 5) is 11.6. The van der Waals surface area contributed by atoms with Crippen LogP contribution in [0.2, 0.25) is 0 Å². The Balaban J connectivity index is 2.02. The van der Waals surface area contributed by atoms with Crippen LogP contribution in [0.3, 0.4) is 0 Å². The molecule has 0 saturated heterocycles. The summed E-state index contributed by atoms with van der Waals surface area (Å²) in [6.07, 6.45) is 1.56. The average molecular weight is 376 g/mol. The zero-order valence-corrected chi connectivity index (χ0v) is 15.1. The fourth-order valence-electron chi connectivity index (χ4n) is 2.80. The van der Waals surface area contributed by atoms with Gasteiger partial charge in [-0.1, -0.05) is 13.3 Å². The van der Waals surface area contributed by atoms with Gasteiger partial charge in [0.15, 0.2) is 0 Å². The van der Waals surface area contributed by atoms with Crippen LogP contribution in [0.5, 0.6) is 5.75 Å². The standard InChI is InChI=1S/C19H17FO5S/c1-3-4-13-10-19(21)24-17-11-15(6-7-16(13)17)25-26(22,23)18-8-5-14(20)9-12(18)2/h5-11H,3-4H2,1-2H3. The Morgan fingerprint density at radius 1 is 1.12 bits per heavy atom. The van der Waals surface area contributed by atoms with Crippen LogP contribution < -0.4 is 9.81 Å². The summed E-state index contributed by atoms with van der Waals surface area (Å²) in [6.45, 7) is 3.48. The molecule has 3 rings (SSSR count). The number of halogens is 1. The predicted molar refractivity (Wildman–Crippen MR) is 95.4 cm³/mol. The second kappa shape index (κ2) is 6.92. The maximum absolute atomic E-state index is 13.2. The van der Waals surface area contributed by atoms with Crippen LogP contribution in [0, 0.1) is 12.7 Å². The second-order valence-electron chi connectivity index (χ2n) is 5.95. The van der Waals surface area contributed by atoms with Crippen molar-refractivity contribution in [2.45, 2.75) is 31.6 Å². The Morgan fingerprint density at radius 2 is 1.88 bits per heavy atom. The molecule has 1 heterocycles. The highest BCUT2D eigenvalue weighted by Crippen LogP contribution is 2.27. The first-order chi connectivity index (χ1) is 12.3. The third-order valence-electron chi connectivity index (χ3n) is 3.93. The van der Waals surface area contributed by atoms with Gasteiger partial charge >= 0.3 is 15.7 Å². The van der Waals surface area contributed by atoms with Gasteiger partial charge in [-0.15, -0.1) is 0 Å². The molecule has 0 spiro atoms. The minimum Gasteiger partial charge on any atom is -0.423 e. The molecule has 0 atom stereocenters. The van der Waals surface area contributed by atoms with Gasteiger partial charge in [0.25, 0.3) is 0 Å². The fraction of sp³-hybridized carbons (Fsp3) is 0.211. The maximum Gasteiger partial charge on any atom is 0.339 e. The van der Waals surface area contributed by atoms with Crippen molar-refractivity contribution in [2.24, 2.45) is 0 Å². The van der Waals surface area contributed by atoms with Crippen molar-refractivity contribution >= 4 is 21.1 Å². The molecule has 7 heteroatoms. The van der Waals surface area contributed by atoms with Crippen LogP contribution >= 0.6 is 0 Å². The molecular weight excluding hydrogens is 359 g/mol. The Labute approximate surface area is 150 Å². The molecule has 1 aromatic heterocycles. The Bertz CT molecular complexity index is 1130. The molecule has 0 aliphatic rings. The summed E-state index contributed by atoms with van der Waals surface area (Å²) >= 11 is 0. The first kappa shape index (κ1) is 18.1. The molecule has 0 amide bonds. The van der Waals surface area contributed by atoms with Crippen molar-refractivity contribution in [1.82, 2.24) is 0 Å². The van der Waals surface area contributed by atoms with Crippen molar-refractivity contribution in [2.75, 3.05) is 0 Å². The van der Waals surface area contributed by atoms with Crippen molar-refractivity contribution in [3.05, 3.63) is 69.8 Å². The van der Waals surface area contributed by atoms with E-state index in [1.165, 1.54) is 25.1 Å². The molecule has 0 unspecified atom stereocenters. The predicted octanol–water partition coefficient (Wildman–Crippen LogP) is 3.96. The lowest BCUT2D eigenvalue weighted by molar-refractivity contribution is 0.484. The molecule has 0 N–H and O–H groups in total. The van der Waals surface area contributed by atoms with Crippen molar-refractivity contribution in [3.63, 3.8) is 0 Å². The minimum absolute atomic E-state index is 0.0121. The van der Waals surface area contributed by atoms with Crippen LogP contribution in [0.4, 0.5) is 4.39 Å². The molecule has 0 saturated carbocycles. The van der Waals surface area contributed by atoms with Gasteiger partial charge in [-0.3, -0.25) is 0 Å². The maximum atomic E-state index is 13.2. The van der Waals surface area contributed by atoms with Gasteiger partial charge in [0.05, 0.1) is 0 Å². The molecular formula is C19H17FO5S. The molecule has 0 radical (unpaired) electrons. The molecule has 0 aliphatic heterocycles. The van der Waals surface area contributed by atoms with Crippen LogP contribution in [0.1, 0.15) is 24.5 Å². The lowest BCUT2D eigenvalue weighted by Gasteiger charge is -2.10. The van der Waals surface area contributed by atoms with E-state index in [1.807, 2.05) is 6.92 Å². The number of aryl methyl sites for hydroxylation is 2.